The highest BCUT2D eigenvalue weighted by molar-refractivity contribution is 9.08. The van der Waals surface area contributed by atoms with E-state index in [1.807, 2.05) is 50.2 Å². The minimum Gasteiger partial charge on any atom is -0.491 e. The van der Waals surface area contributed by atoms with E-state index in [0.717, 1.165) is 16.8 Å². The lowest BCUT2D eigenvalue weighted by molar-refractivity contribution is 0.102. The average Bonchev–Trinajstić information content (AvgIpc) is 2.48. The Bertz CT molecular complexity index is 591. The second-order valence-corrected chi connectivity index (χ2v) is 5.54. The molecule has 1 amide bonds. The van der Waals surface area contributed by atoms with E-state index in [9.17, 15) is 4.79 Å². The summed E-state index contributed by atoms with van der Waals surface area (Å²) in [6.07, 6.45) is 0.123. The molecular formula is C17H18BrNO2. The first-order valence-corrected chi connectivity index (χ1v) is 7.93. The van der Waals surface area contributed by atoms with E-state index >= 15 is 0 Å². The minimum absolute atomic E-state index is 0.123. The van der Waals surface area contributed by atoms with Crippen LogP contribution in [0.1, 0.15) is 29.8 Å². The summed E-state index contributed by atoms with van der Waals surface area (Å²) >= 11 is 3.39. The number of benzene rings is 2. The highest BCUT2D eigenvalue weighted by atomic mass is 79.9. The van der Waals surface area contributed by atoms with Gasteiger partial charge in [0.05, 0.1) is 6.10 Å². The van der Waals surface area contributed by atoms with Crippen molar-refractivity contribution in [2.75, 3.05) is 5.32 Å². The van der Waals surface area contributed by atoms with Crippen LogP contribution < -0.4 is 10.1 Å². The van der Waals surface area contributed by atoms with Crippen LogP contribution in [-0.2, 0) is 5.33 Å². The summed E-state index contributed by atoms with van der Waals surface area (Å²) in [5.74, 6) is 0.640. The van der Waals surface area contributed by atoms with Crippen molar-refractivity contribution in [1.82, 2.24) is 0 Å². The zero-order chi connectivity index (χ0) is 15.2. The maximum Gasteiger partial charge on any atom is 0.255 e. The highest BCUT2D eigenvalue weighted by Gasteiger charge is 2.06. The number of carbonyl (C=O) groups is 1. The zero-order valence-corrected chi connectivity index (χ0v) is 13.7. The van der Waals surface area contributed by atoms with Crippen molar-refractivity contribution in [2.45, 2.75) is 25.3 Å². The van der Waals surface area contributed by atoms with E-state index in [4.69, 9.17) is 4.74 Å². The second kappa shape index (κ2) is 7.27. The minimum atomic E-state index is -0.127. The molecule has 3 nitrogen and oxygen atoms in total. The van der Waals surface area contributed by atoms with Gasteiger partial charge in [-0.05, 0) is 55.8 Å². The third-order valence-electron chi connectivity index (χ3n) is 2.85. The third kappa shape index (κ3) is 4.60. The summed E-state index contributed by atoms with van der Waals surface area (Å²) < 4.78 is 5.56. The Labute approximate surface area is 133 Å². The Hall–Kier alpha value is -1.81. The summed E-state index contributed by atoms with van der Waals surface area (Å²) in [6, 6.07) is 14.9. The molecule has 0 heterocycles. The predicted molar refractivity (Wildman–Crippen MR) is 89.2 cm³/mol. The van der Waals surface area contributed by atoms with E-state index in [-0.39, 0.29) is 12.0 Å². The number of hydrogen-bond acceptors (Lipinski definition) is 2. The number of rotatable bonds is 5. The number of amides is 1. The van der Waals surface area contributed by atoms with Crippen molar-refractivity contribution in [3.63, 3.8) is 0 Å². The maximum atomic E-state index is 12.1. The van der Waals surface area contributed by atoms with Gasteiger partial charge in [0.15, 0.2) is 0 Å². The first-order valence-electron chi connectivity index (χ1n) is 6.81. The van der Waals surface area contributed by atoms with Gasteiger partial charge in [0, 0.05) is 16.6 Å². The van der Waals surface area contributed by atoms with Crippen molar-refractivity contribution in [3.05, 3.63) is 59.7 Å². The van der Waals surface area contributed by atoms with Gasteiger partial charge in [-0.1, -0.05) is 28.1 Å². The van der Waals surface area contributed by atoms with Crippen LogP contribution in [0.3, 0.4) is 0 Å². The lowest BCUT2D eigenvalue weighted by Crippen LogP contribution is -2.12. The first-order chi connectivity index (χ1) is 10.1. The Morgan fingerprint density at radius 3 is 2.24 bits per heavy atom. The van der Waals surface area contributed by atoms with Gasteiger partial charge >= 0.3 is 0 Å². The van der Waals surface area contributed by atoms with Gasteiger partial charge in [0.2, 0.25) is 0 Å². The zero-order valence-electron chi connectivity index (χ0n) is 12.1. The fourth-order valence-corrected chi connectivity index (χ4v) is 2.21. The molecule has 0 aliphatic rings. The van der Waals surface area contributed by atoms with Crippen LogP contribution in [0.15, 0.2) is 48.5 Å². The molecule has 0 unspecified atom stereocenters. The van der Waals surface area contributed by atoms with Gasteiger partial charge in [0.1, 0.15) is 5.75 Å². The number of ether oxygens (including phenoxy) is 1. The molecule has 2 rings (SSSR count). The van der Waals surface area contributed by atoms with E-state index in [0.29, 0.717) is 5.56 Å². The fraction of sp³-hybridized carbons (Fsp3) is 0.235. The lowest BCUT2D eigenvalue weighted by Gasteiger charge is -2.10. The van der Waals surface area contributed by atoms with Crippen molar-refractivity contribution in [3.8, 4) is 5.75 Å². The number of carbonyl (C=O) groups excluding carboxylic acids is 1. The van der Waals surface area contributed by atoms with Gasteiger partial charge in [-0.15, -0.1) is 0 Å². The molecule has 2 aromatic carbocycles. The van der Waals surface area contributed by atoms with Crippen LogP contribution in [0.2, 0.25) is 0 Å². The van der Waals surface area contributed by atoms with Crippen molar-refractivity contribution >= 4 is 27.5 Å². The summed E-state index contributed by atoms with van der Waals surface area (Å²) in [5.41, 5.74) is 2.56. The monoisotopic (exact) mass is 347 g/mol. The Kier molecular flexibility index (Phi) is 5.39. The number of nitrogens with one attached hydrogen (secondary N) is 1. The molecule has 0 saturated heterocycles. The van der Waals surface area contributed by atoms with E-state index < -0.39 is 0 Å². The molecule has 0 fully saturated rings. The van der Waals surface area contributed by atoms with Crippen molar-refractivity contribution in [1.29, 1.82) is 0 Å². The Balaban J connectivity index is 2.02. The summed E-state index contributed by atoms with van der Waals surface area (Å²) in [5, 5.41) is 3.68. The predicted octanol–water partition coefficient (Wildman–Crippen LogP) is 4.62. The molecule has 0 aromatic heterocycles. The van der Waals surface area contributed by atoms with Crippen molar-refractivity contribution < 1.29 is 9.53 Å². The van der Waals surface area contributed by atoms with Gasteiger partial charge in [-0.25, -0.2) is 0 Å². The van der Waals surface area contributed by atoms with Crippen LogP contribution >= 0.6 is 15.9 Å². The molecule has 1 N–H and O–H groups in total. The standard InChI is InChI=1S/C17H18BrNO2/c1-12(2)21-16-9-5-14(6-10-16)17(20)19-15-7-3-13(11-18)4-8-15/h3-10,12H,11H2,1-2H3,(H,19,20). The molecule has 110 valence electrons. The van der Waals surface area contributed by atoms with Crippen LogP contribution in [0.4, 0.5) is 5.69 Å². The topological polar surface area (TPSA) is 38.3 Å². The van der Waals surface area contributed by atoms with Crippen molar-refractivity contribution in [2.24, 2.45) is 0 Å². The molecule has 0 saturated carbocycles. The summed E-state index contributed by atoms with van der Waals surface area (Å²) in [6.45, 7) is 3.94. The van der Waals surface area contributed by atoms with Crippen LogP contribution in [0, 0.1) is 0 Å². The quantitative estimate of drug-likeness (QED) is 0.801. The molecular weight excluding hydrogens is 330 g/mol. The first kappa shape index (κ1) is 15.6. The van der Waals surface area contributed by atoms with Crippen LogP contribution in [-0.4, -0.2) is 12.0 Å². The fourth-order valence-electron chi connectivity index (χ4n) is 1.84. The summed E-state index contributed by atoms with van der Waals surface area (Å²) in [4.78, 5) is 12.1. The smallest absolute Gasteiger partial charge is 0.255 e. The van der Waals surface area contributed by atoms with E-state index in [2.05, 4.69) is 21.2 Å². The molecule has 0 radical (unpaired) electrons. The van der Waals surface area contributed by atoms with Gasteiger partial charge in [-0.3, -0.25) is 4.79 Å². The molecule has 21 heavy (non-hydrogen) atoms. The number of halogens is 1. The molecule has 0 bridgehead atoms. The second-order valence-electron chi connectivity index (χ2n) is 4.98. The molecule has 4 heteroatoms. The van der Waals surface area contributed by atoms with Crippen LogP contribution in [0.25, 0.3) is 0 Å². The number of hydrogen-bond donors (Lipinski definition) is 1. The Morgan fingerprint density at radius 1 is 1.10 bits per heavy atom. The normalized spacial score (nSPS) is 10.5. The van der Waals surface area contributed by atoms with Gasteiger partial charge in [-0.2, -0.15) is 0 Å². The lowest BCUT2D eigenvalue weighted by atomic mass is 10.2. The van der Waals surface area contributed by atoms with E-state index in [1.54, 1.807) is 12.1 Å². The third-order valence-corrected chi connectivity index (χ3v) is 3.50. The van der Waals surface area contributed by atoms with E-state index in [1.165, 1.54) is 5.56 Å². The molecule has 2 aromatic rings. The average molecular weight is 348 g/mol. The largest absolute Gasteiger partial charge is 0.491 e. The molecule has 0 aliphatic carbocycles. The Morgan fingerprint density at radius 2 is 1.71 bits per heavy atom. The summed E-state index contributed by atoms with van der Waals surface area (Å²) in [7, 11) is 0. The maximum absolute atomic E-state index is 12.1. The number of alkyl halides is 1. The van der Waals surface area contributed by atoms with Crippen LogP contribution in [0.5, 0.6) is 5.75 Å². The van der Waals surface area contributed by atoms with Gasteiger partial charge < -0.3 is 10.1 Å². The van der Waals surface area contributed by atoms with Gasteiger partial charge in [0.25, 0.3) is 5.91 Å². The SMILES string of the molecule is CC(C)Oc1ccc(C(=O)Nc2ccc(CBr)cc2)cc1. The highest BCUT2D eigenvalue weighted by Crippen LogP contribution is 2.16. The molecule has 0 spiro atoms. The molecule has 0 aliphatic heterocycles. The molecule has 0 atom stereocenters. The number of anilines is 1.